The number of aromatic carboxylic acids is 1. The molecule has 0 unspecified atom stereocenters. The maximum Gasteiger partial charge on any atom is 0.336 e. The quantitative estimate of drug-likeness (QED) is 0.411. The number of carbonyl (C=O) groups excluding carboxylic acids is 1. The topological polar surface area (TPSA) is 116 Å². The van der Waals surface area contributed by atoms with Gasteiger partial charge in [0.05, 0.1) is 5.56 Å². The maximum absolute atomic E-state index is 12.8. The number of nitrogen functional groups attached to an aromatic ring is 1. The molecular formula is C21H17N3O3. The highest BCUT2D eigenvalue weighted by Gasteiger charge is 2.17. The molecule has 0 radical (unpaired) electrons. The van der Waals surface area contributed by atoms with E-state index in [1.165, 1.54) is 6.07 Å². The van der Waals surface area contributed by atoms with E-state index in [1.807, 2.05) is 0 Å². The number of benzene rings is 3. The molecule has 3 rings (SSSR count). The van der Waals surface area contributed by atoms with Crippen molar-refractivity contribution in [3.8, 4) is 11.1 Å². The molecule has 0 spiro atoms. The van der Waals surface area contributed by atoms with Crippen LogP contribution in [0.4, 0.5) is 5.69 Å². The van der Waals surface area contributed by atoms with Gasteiger partial charge in [0.2, 0.25) is 0 Å². The van der Waals surface area contributed by atoms with Gasteiger partial charge in [-0.1, -0.05) is 48.5 Å². The number of hydrogen-bond donors (Lipinski definition) is 4. The molecule has 3 aromatic carbocycles. The average molecular weight is 359 g/mol. The third-order valence-corrected chi connectivity index (χ3v) is 4.05. The van der Waals surface area contributed by atoms with Gasteiger partial charge in [-0.3, -0.25) is 10.2 Å². The molecule has 27 heavy (non-hydrogen) atoms. The molecule has 0 atom stereocenters. The van der Waals surface area contributed by atoms with E-state index >= 15 is 0 Å². The van der Waals surface area contributed by atoms with Crippen molar-refractivity contribution in [1.82, 2.24) is 0 Å². The van der Waals surface area contributed by atoms with E-state index in [4.69, 9.17) is 11.1 Å². The first-order valence-corrected chi connectivity index (χ1v) is 8.15. The fourth-order valence-electron chi connectivity index (χ4n) is 2.78. The fraction of sp³-hybridized carbons (Fsp3) is 0. The Morgan fingerprint density at radius 2 is 1.44 bits per heavy atom. The van der Waals surface area contributed by atoms with Gasteiger partial charge in [0.15, 0.2) is 0 Å². The summed E-state index contributed by atoms with van der Waals surface area (Å²) in [7, 11) is 0. The molecule has 0 heterocycles. The zero-order valence-electron chi connectivity index (χ0n) is 14.3. The minimum absolute atomic E-state index is 0.0955. The van der Waals surface area contributed by atoms with Crippen LogP contribution in [0.25, 0.3) is 11.1 Å². The molecule has 5 N–H and O–H groups in total. The number of carboxylic acids is 1. The Balaban J connectivity index is 2.00. The number of anilines is 1. The van der Waals surface area contributed by atoms with Gasteiger partial charge < -0.3 is 16.2 Å². The molecule has 6 heteroatoms. The minimum Gasteiger partial charge on any atom is -0.478 e. The Hall–Kier alpha value is -3.93. The molecule has 0 bridgehead atoms. The molecular weight excluding hydrogens is 342 g/mol. The highest BCUT2D eigenvalue weighted by molar-refractivity contribution is 6.10. The number of amides is 1. The molecule has 1 amide bonds. The third-order valence-electron chi connectivity index (χ3n) is 4.05. The van der Waals surface area contributed by atoms with Gasteiger partial charge in [0.1, 0.15) is 5.84 Å². The van der Waals surface area contributed by atoms with Crippen LogP contribution in [-0.4, -0.2) is 22.8 Å². The van der Waals surface area contributed by atoms with Gasteiger partial charge in [0.25, 0.3) is 5.91 Å². The number of nitrogens with two attached hydrogens (primary N) is 1. The van der Waals surface area contributed by atoms with E-state index in [9.17, 15) is 14.7 Å². The van der Waals surface area contributed by atoms with Gasteiger partial charge in [-0.25, -0.2) is 4.79 Å². The van der Waals surface area contributed by atoms with Crippen LogP contribution in [0.15, 0.2) is 72.8 Å². The second kappa shape index (κ2) is 7.53. The first kappa shape index (κ1) is 17.9. The number of rotatable bonds is 5. The summed E-state index contributed by atoms with van der Waals surface area (Å²) in [5.74, 6) is -1.54. The number of hydrogen-bond acceptors (Lipinski definition) is 3. The van der Waals surface area contributed by atoms with Crippen molar-refractivity contribution < 1.29 is 14.7 Å². The van der Waals surface area contributed by atoms with Crippen LogP contribution in [-0.2, 0) is 0 Å². The molecule has 3 aromatic rings. The summed E-state index contributed by atoms with van der Waals surface area (Å²) in [6.07, 6.45) is 0. The van der Waals surface area contributed by atoms with E-state index < -0.39 is 5.97 Å². The fourth-order valence-corrected chi connectivity index (χ4v) is 2.78. The molecule has 0 aliphatic rings. The maximum atomic E-state index is 12.8. The second-order valence-corrected chi connectivity index (χ2v) is 5.84. The number of nitrogens with one attached hydrogen (secondary N) is 2. The van der Waals surface area contributed by atoms with Crippen LogP contribution >= 0.6 is 0 Å². The third kappa shape index (κ3) is 3.85. The van der Waals surface area contributed by atoms with Gasteiger partial charge in [-0.2, -0.15) is 0 Å². The summed E-state index contributed by atoms with van der Waals surface area (Å²) < 4.78 is 0. The smallest absolute Gasteiger partial charge is 0.336 e. The highest BCUT2D eigenvalue weighted by atomic mass is 16.4. The molecule has 0 saturated heterocycles. The Morgan fingerprint density at radius 3 is 2.07 bits per heavy atom. The number of carbonyl (C=O) groups is 2. The molecule has 0 saturated carbocycles. The second-order valence-electron chi connectivity index (χ2n) is 5.84. The molecule has 134 valence electrons. The van der Waals surface area contributed by atoms with Crippen molar-refractivity contribution in [2.45, 2.75) is 0 Å². The molecule has 0 aromatic heterocycles. The lowest BCUT2D eigenvalue weighted by molar-refractivity contribution is 0.0697. The zero-order valence-corrected chi connectivity index (χ0v) is 14.3. The summed E-state index contributed by atoms with van der Waals surface area (Å²) in [5, 5.41) is 19.7. The molecule has 0 fully saturated rings. The first-order chi connectivity index (χ1) is 13.0. The van der Waals surface area contributed by atoms with Gasteiger partial charge in [-0.15, -0.1) is 0 Å². The van der Waals surface area contributed by atoms with Gasteiger partial charge >= 0.3 is 5.97 Å². The van der Waals surface area contributed by atoms with Crippen LogP contribution in [0.1, 0.15) is 26.3 Å². The average Bonchev–Trinajstić information content (AvgIpc) is 2.68. The van der Waals surface area contributed by atoms with E-state index in [0.29, 0.717) is 27.9 Å². The van der Waals surface area contributed by atoms with E-state index in [1.54, 1.807) is 66.7 Å². The van der Waals surface area contributed by atoms with Crippen LogP contribution in [0.2, 0.25) is 0 Å². The summed E-state index contributed by atoms with van der Waals surface area (Å²) in [6.45, 7) is 0. The minimum atomic E-state index is -1.06. The molecule has 0 aliphatic carbocycles. The first-order valence-electron chi connectivity index (χ1n) is 8.15. The van der Waals surface area contributed by atoms with Crippen molar-refractivity contribution in [2.24, 2.45) is 5.73 Å². The SMILES string of the molecule is N=C(N)c1cccc(NC(=O)c2ccccc2-c2ccccc2C(=O)O)c1. The van der Waals surface area contributed by atoms with Gasteiger partial charge in [-0.05, 0) is 35.4 Å². The van der Waals surface area contributed by atoms with Crippen LogP contribution in [0, 0.1) is 5.41 Å². The summed E-state index contributed by atoms with van der Waals surface area (Å²) in [6, 6.07) is 20.0. The molecule has 6 nitrogen and oxygen atoms in total. The van der Waals surface area contributed by atoms with Crippen LogP contribution in [0.5, 0.6) is 0 Å². The van der Waals surface area contributed by atoms with Crippen molar-refractivity contribution in [1.29, 1.82) is 5.41 Å². The lowest BCUT2D eigenvalue weighted by Gasteiger charge is -2.13. The lowest BCUT2D eigenvalue weighted by Crippen LogP contribution is -2.15. The van der Waals surface area contributed by atoms with Gasteiger partial charge in [0, 0.05) is 16.8 Å². The van der Waals surface area contributed by atoms with Crippen molar-refractivity contribution in [2.75, 3.05) is 5.32 Å². The largest absolute Gasteiger partial charge is 0.478 e. The summed E-state index contributed by atoms with van der Waals surface area (Å²) >= 11 is 0. The summed E-state index contributed by atoms with van der Waals surface area (Å²) in [5.41, 5.74) is 7.93. The Kier molecular flexibility index (Phi) is 4.99. The van der Waals surface area contributed by atoms with Crippen molar-refractivity contribution >= 4 is 23.4 Å². The predicted octanol–water partition coefficient (Wildman–Crippen LogP) is 3.59. The number of amidine groups is 1. The zero-order chi connectivity index (χ0) is 19.4. The van der Waals surface area contributed by atoms with E-state index in [-0.39, 0.29) is 17.3 Å². The monoisotopic (exact) mass is 359 g/mol. The number of carboxylic acid groups (broad SMARTS) is 1. The Bertz CT molecular complexity index is 1040. The van der Waals surface area contributed by atoms with Crippen molar-refractivity contribution in [3.63, 3.8) is 0 Å². The standard InChI is InChI=1S/C21H17N3O3/c22-19(23)13-6-5-7-14(12-13)24-20(25)17-10-3-1-8-15(17)16-9-2-4-11-18(16)21(26)27/h1-12H,(H3,22,23)(H,24,25)(H,26,27). The van der Waals surface area contributed by atoms with Crippen molar-refractivity contribution in [3.05, 3.63) is 89.5 Å². The summed E-state index contributed by atoms with van der Waals surface area (Å²) in [4.78, 5) is 24.4. The normalized spacial score (nSPS) is 10.2. The van der Waals surface area contributed by atoms with Crippen LogP contribution in [0.3, 0.4) is 0 Å². The van der Waals surface area contributed by atoms with E-state index in [0.717, 1.165) is 0 Å². The Morgan fingerprint density at radius 1 is 0.852 bits per heavy atom. The lowest BCUT2D eigenvalue weighted by atomic mass is 9.95. The van der Waals surface area contributed by atoms with Crippen LogP contribution < -0.4 is 11.1 Å². The highest BCUT2D eigenvalue weighted by Crippen LogP contribution is 2.28. The predicted molar refractivity (Wildman–Crippen MR) is 104 cm³/mol. The molecule has 0 aliphatic heterocycles. The Labute approximate surface area is 155 Å². The van der Waals surface area contributed by atoms with E-state index in [2.05, 4.69) is 5.32 Å².